The molecule has 5 nitrogen and oxygen atoms in total. The summed E-state index contributed by atoms with van der Waals surface area (Å²) >= 11 is 4.63. The minimum absolute atomic E-state index is 0.0363. The molecule has 0 aromatic heterocycles. The van der Waals surface area contributed by atoms with Gasteiger partial charge in [0.25, 0.3) is 0 Å². The van der Waals surface area contributed by atoms with Crippen molar-refractivity contribution in [3.05, 3.63) is 4.91 Å². The van der Waals surface area contributed by atoms with Crippen LogP contribution < -0.4 is 5.73 Å². The number of hydrogen-bond acceptors (Lipinski definition) is 6. The van der Waals surface area contributed by atoms with Gasteiger partial charge >= 0.3 is 5.97 Å². The van der Waals surface area contributed by atoms with Gasteiger partial charge in [0.15, 0.2) is 5.34 Å². The second-order valence-electron chi connectivity index (χ2n) is 2.44. The van der Waals surface area contributed by atoms with Crippen molar-refractivity contribution in [1.82, 2.24) is 0 Å². The van der Waals surface area contributed by atoms with Crippen molar-refractivity contribution >= 4 is 23.6 Å². The van der Waals surface area contributed by atoms with Crippen LogP contribution in [0.15, 0.2) is 5.34 Å². The molecule has 0 heterocycles. The van der Waals surface area contributed by atoms with Gasteiger partial charge in [0.05, 0.1) is 0 Å². The number of rotatable bonds is 5. The van der Waals surface area contributed by atoms with Gasteiger partial charge < -0.3 is 5.73 Å². The van der Waals surface area contributed by atoms with Gasteiger partial charge in [0.1, 0.15) is 6.04 Å². The summed E-state index contributed by atoms with van der Waals surface area (Å²) < 4.78 is 0. The lowest BCUT2D eigenvalue weighted by atomic mass is 10.1. The first kappa shape index (κ1) is 11.1. The van der Waals surface area contributed by atoms with Crippen LogP contribution in [0.1, 0.15) is 13.3 Å². The first-order chi connectivity index (χ1) is 5.61. The summed E-state index contributed by atoms with van der Waals surface area (Å²) in [6.07, 6.45) is 0.359. The van der Waals surface area contributed by atoms with Gasteiger partial charge in [-0.3, -0.25) is 4.84 Å². The molecule has 0 radical (unpaired) electrons. The van der Waals surface area contributed by atoms with E-state index in [4.69, 9.17) is 5.73 Å². The molecule has 0 bridgehead atoms. The number of carbonyl (C=O) groups excluding carboxylic acids is 1. The average Bonchev–Trinajstić information content (AvgIpc) is 2.04. The first-order valence-corrected chi connectivity index (χ1v) is 3.83. The molecule has 0 aliphatic heterocycles. The van der Waals surface area contributed by atoms with Crippen LogP contribution in [0.2, 0.25) is 0 Å². The third kappa shape index (κ3) is 4.09. The molecule has 0 aliphatic carbocycles. The van der Waals surface area contributed by atoms with Crippen molar-refractivity contribution < 1.29 is 9.63 Å². The summed E-state index contributed by atoms with van der Waals surface area (Å²) in [4.78, 5) is 24.0. The van der Waals surface area contributed by atoms with E-state index in [0.717, 1.165) is 0 Å². The molecule has 0 fully saturated rings. The Morgan fingerprint density at radius 3 is 2.83 bits per heavy atom. The fourth-order valence-corrected chi connectivity index (χ4v) is 0.768. The van der Waals surface area contributed by atoms with E-state index in [0.29, 0.717) is 6.42 Å². The molecule has 0 rings (SSSR count). The lowest BCUT2D eigenvalue weighted by molar-refractivity contribution is -0.145. The third-order valence-corrected chi connectivity index (χ3v) is 1.75. The van der Waals surface area contributed by atoms with E-state index < -0.39 is 12.0 Å². The van der Waals surface area contributed by atoms with E-state index >= 15 is 0 Å². The molecule has 1 unspecified atom stereocenters. The molecule has 0 saturated heterocycles. The van der Waals surface area contributed by atoms with Crippen molar-refractivity contribution in [2.75, 3.05) is 0 Å². The second kappa shape index (κ2) is 5.73. The summed E-state index contributed by atoms with van der Waals surface area (Å²) in [7, 11) is 0. The van der Waals surface area contributed by atoms with E-state index in [2.05, 4.69) is 17.1 Å². The number of nitrogens with two attached hydrogens (primary N) is 1. The maximum absolute atomic E-state index is 10.7. The second-order valence-corrected chi connectivity index (χ2v) is 2.71. The topological polar surface area (TPSA) is 81.8 Å². The van der Waals surface area contributed by atoms with E-state index in [1.807, 2.05) is 12.3 Å². The molecule has 0 aliphatic rings. The van der Waals surface area contributed by atoms with Gasteiger partial charge in [-0.1, -0.05) is 19.1 Å². The minimum Gasteiger partial charge on any atom is -0.318 e. The van der Waals surface area contributed by atoms with Crippen LogP contribution in [0.3, 0.4) is 0 Å². The standard InChI is InChI=1S/C6H10N2O3S/c1-4(3-12)2-5(7)6(9)11-8-10/h3-5H,2,7H2,1H3/t4?,5-/m0/s1. The lowest BCUT2D eigenvalue weighted by Gasteiger charge is -2.09. The third-order valence-electron chi connectivity index (χ3n) is 1.29. The molecule has 0 aromatic carbocycles. The van der Waals surface area contributed by atoms with Crippen molar-refractivity contribution in [2.45, 2.75) is 19.4 Å². The molecule has 68 valence electrons. The Morgan fingerprint density at radius 1 is 1.83 bits per heavy atom. The van der Waals surface area contributed by atoms with Crippen LogP contribution in [-0.2, 0) is 9.63 Å². The monoisotopic (exact) mass is 190 g/mol. The van der Waals surface area contributed by atoms with Crippen LogP contribution in [0.5, 0.6) is 0 Å². The first-order valence-electron chi connectivity index (χ1n) is 3.36. The number of hydrogen-bond donors (Lipinski definition) is 1. The summed E-state index contributed by atoms with van der Waals surface area (Å²) in [5.74, 6) is -0.789. The van der Waals surface area contributed by atoms with Crippen LogP contribution in [0.4, 0.5) is 0 Å². The fraction of sp³-hybridized carbons (Fsp3) is 0.667. The average molecular weight is 190 g/mol. The minimum atomic E-state index is -0.836. The summed E-state index contributed by atoms with van der Waals surface area (Å²) in [6, 6.07) is -0.836. The van der Waals surface area contributed by atoms with E-state index in [-0.39, 0.29) is 5.92 Å². The molecular weight excluding hydrogens is 180 g/mol. The molecule has 2 N–H and O–H groups in total. The zero-order valence-corrected chi connectivity index (χ0v) is 7.41. The Kier molecular flexibility index (Phi) is 5.31. The number of carbonyl (C=O) groups is 1. The molecular formula is C6H10N2O3S. The van der Waals surface area contributed by atoms with Crippen molar-refractivity contribution in [2.24, 2.45) is 17.0 Å². The van der Waals surface area contributed by atoms with Crippen molar-refractivity contribution in [1.29, 1.82) is 0 Å². The lowest BCUT2D eigenvalue weighted by Crippen LogP contribution is -2.33. The van der Waals surface area contributed by atoms with Crippen LogP contribution >= 0.6 is 12.2 Å². The molecule has 6 heteroatoms. The predicted molar refractivity (Wildman–Crippen MR) is 47.3 cm³/mol. The normalized spacial score (nSPS) is 14.5. The Morgan fingerprint density at radius 2 is 2.42 bits per heavy atom. The maximum atomic E-state index is 10.7. The van der Waals surface area contributed by atoms with E-state index in [1.54, 1.807) is 0 Å². The predicted octanol–water partition coefficient (Wildman–Crippen LogP) is 0.564. The number of nitrogens with zero attached hydrogens (tertiary/aromatic N) is 1. The Labute approximate surface area is 75.2 Å². The maximum Gasteiger partial charge on any atom is 0.355 e. The van der Waals surface area contributed by atoms with Gasteiger partial charge in [-0.15, -0.1) is 4.91 Å². The summed E-state index contributed by atoms with van der Waals surface area (Å²) in [5, 5.41) is 3.48. The molecule has 0 aromatic rings. The molecule has 0 saturated carbocycles. The highest BCUT2D eigenvalue weighted by atomic mass is 32.1. The van der Waals surface area contributed by atoms with E-state index in [9.17, 15) is 9.70 Å². The van der Waals surface area contributed by atoms with Gasteiger partial charge in [-0.05, 0) is 17.7 Å². The highest BCUT2D eigenvalue weighted by Gasteiger charge is 2.17. The smallest absolute Gasteiger partial charge is 0.318 e. The Balaban J connectivity index is 3.85. The van der Waals surface area contributed by atoms with Gasteiger partial charge in [0.2, 0.25) is 0 Å². The zero-order valence-electron chi connectivity index (χ0n) is 6.60. The van der Waals surface area contributed by atoms with Crippen LogP contribution in [0.25, 0.3) is 0 Å². The van der Waals surface area contributed by atoms with Crippen molar-refractivity contribution in [3.8, 4) is 0 Å². The molecule has 12 heavy (non-hydrogen) atoms. The fourth-order valence-electron chi connectivity index (χ4n) is 0.657. The number of thiocarbonyl (C=S) groups is 1. The molecule has 2 atom stereocenters. The SMILES string of the molecule is CC(C=S)C[C@H](N)C(=O)ON=O. The Bertz CT molecular complexity index is 186. The molecule has 0 amide bonds. The van der Waals surface area contributed by atoms with Gasteiger partial charge in [-0.25, -0.2) is 4.79 Å². The zero-order chi connectivity index (χ0) is 9.56. The van der Waals surface area contributed by atoms with Crippen LogP contribution in [-0.4, -0.2) is 17.4 Å². The highest BCUT2D eigenvalue weighted by molar-refractivity contribution is 7.79. The van der Waals surface area contributed by atoms with Gasteiger partial charge in [-0.2, -0.15) is 0 Å². The van der Waals surface area contributed by atoms with Crippen LogP contribution in [0, 0.1) is 10.8 Å². The van der Waals surface area contributed by atoms with E-state index in [1.165, 1.54) is 5.37 Å². The largest absolute Gasteiger partial charge is 0.355 e. The summed E-state index contributed by atoms with van der Waals surface area (Å²) in [5.41, 5.74) is 5.34. The van der Waals surface area contributed by atoms with Crippen molar-refractivity contribution in [3.63, 3.8) is 0 Å². The van der Waals surface area contributed by atoms with Gasteiger partial charge in [0, 0.05) is 0 Å². The summed E-state index contributed by atoms with van der Waals surface area (Å²) in [6.45, 7) is 1.81. The quantitative estimate of drug-likeness (QED) is 0.389. The highest BCUT2D eigenvalue weighted by Crippen LogP contribution is 2.03. The molecule has 0 spiro atoms. The Hall–Kier alpha value is -0.880.